The largest absolute Gasteiger partial charge is 0.390 e. The fourth-order valence-corrected chi connectivity index (χ4v) is 1.60. The van der Waals surface area contributed by atoms with Gasteiger partial charge in [-0.2, -0.15) is 0 Å². The zero-order valence-corrected chi connectivity index (χ0v) is 9.59. The molecule has 0 aliphatic rings. The third kappa shape index (κ3) is 4.38. The maximum absolute atomic E-state index is 10.0. The van der Waals surface area contributed by atoms with E-state index in [9.17, 15) is 5.11 Å². The highest BCUT2D eigenvalue weighted by Crippen LogP contribution is 2.19. The second kappa shape index (κ2) is 5.21. The van der Waals surface area contributed by atoms with E-state index in [2.05, 4.69) is 5.92 Å². The van der Waals surface area contributed by atoms with E-state index < -0.39 is 5.60 Å². The number of hydrogen-bond acceptors (Lipinski definition) is 1. The number of benzene rings is 1. The SMILES string of the molecule is C#CCCC(C)(O)Cc1ccc(Cl)cc1. The molecule has 1 rings (SSSR count). The first-order valence-corrected chi connectivity index (χ1v) is 5.31. The minimum atomic E-state index is -0.736. The molecule has 0 fully saturated rings. The van der Waals surface area contributed by atoms with Gasteiger partial charge in [0.25, 0.3) is 0 Å². The molecule has 0 amide bonds. The van der Waals surface area contributed by atoms with Crippen LogP contribution in [0.5, 0.6) is 0 Å². The monoisotopic (exact) mass is 222 g/mol. The van der Waals surface area contributed by atoms with Gasteiger partial charge in [0.2, 0.25) is 0 Å². The van der Waals surface area contributed by atoms with Gasteiger partial charge in [-0.25, -0.2) is 0 Å². The summed E-state index contributed by atoms with van der Waals surface area (Å²) < 4.78 is 0. The topological polar surface area (TPSA) is 20.2 Å². The molecule has 0 aromatic heterocycles. The molecule has 2 heteroatoms. The third-order valence-electron chi connectivity index (χ3n) is 2.31. The van der Waals surface area contributed by atoms with E-state index in [0.29, 0.717) is 24.3 Å². The molecule has 1 aromatic rings. The van der Waals surface area contributed by atoms with Crippen molar-refractivity contribution in [1.82, 2.24) is 0 Å². The van der Waals surface area contributed by atoms with Crippen molar-refractivity contribution in [3.05, 3.63) is 34.9 Å². The Kier molecular flexibility index (Phi) is 4.20. The van der Waals surface area contributed by atoms with Gasteiger partial charge in [-0.05, 0) is 31.0 Å². The summed E-state index contributed by atoms with van der Waals surface area (Å²) in [6.45, 7) is 1.80. The fraction of sp³-hybridized carbons (Fsp3) is 0.385. The summed E-state index contributed by atoms with van der Waals surface area (Å²) in [4.78, 5) is 0. The molecule has 1 atom stereocenters. The Labute approximate surface area is 96.1 Å². The maximum atomic E-state index is 10.0. The maximum Gasteiger partial charge on any atom is 0.0669 e. The van der Waals surface area contributed by atoms with Crippen molar-refractivity contribution in [1.29, 1.82) is 0 Å². The van der Waals surface area contributed by atoms with Crippen LogP contribution in [0.2, 0.25) is 5.02 Å². The number of hydrogen-bond donors (Lipinski definition) is 1. The van der Waals surface area contributed by atoms with Gasteiger partial charge in [-0.1, -0.05) is 23.7 Å². The van der Waals surface area contributed by atoms with E-state index in [-0.39, 0.29) is 0 Å². The van der Waals surface area contributed by atoms with Gasteiger partial charge in [0.1, 0.15) is 0 Å². The van der Waals surface area contributed by atoms with Gasteiger partial charge in [0.15, 0.2) is 0 Å². The number of aliphatic hydroxyl groups is 1. The Hall–Kier alpha value is -0.970. The average Bonchev–Trinajstić information content (AvgIpc) is 2.18. The van der Waals surface area contributed by atoms with Gasteiger partial charge >= 0.3 is 0 Å². The van der Waals surface area contributed by atoms with Crippen molar-refractivity contribution in [3.63, 3.8) is 0 Å². The van der Waals surface area contributed by atoms with Crippen LogP contribution >= 0.6 is 11.6 Å². The lowest BCUT2D eigenvalue weighted by atomic mass is 9.92. The molecule has 15 heavy (non-hydrogen) atoms. The third-order valence-corrected chi connectivity index (χ3v) is 2.56. The van der Waals surface area contributed by atoms with Crippen LogP contribution in [-0.2, 0) is 6.42 Å². The van der Waals surface area contributed by atoms with Gasteiger partial charge in [-0.15, -0.1) is 12.3 Å². The van der Waals surface area contributed by atoms with Crippen molar-refractivity contribution in [2.45, 2.75) is 31.8 Å². The number of terminal acetylenes is 1. The molecule has 0 radical (unpaired) electrons. The fourth-order valence-electron chi connectivity index (χ4n) is 1.47. The molecule has 0 saturated carbocycles. The van der Waals surface area contributed by atoms with Crippen LogP contribution in [-0.4, -0.2) is 10.7 Å². The highest BCUT2D eigenvalue weighted by molar-refractivity contribution is 6.30. The molecule has 0 heterocycles. The van der Waals surface area contributed by atoms with Crippen LogP contribution < -0.4 is 0 Å². The van der Waals surface area contributed by atoms with E-state index in [1.807, 2.05) is 24.3 Å². The minimum Gasteiger partial charge on any atom is -0.390 e. The van der Waals surface area contributed by atoms with Gasteiger partial charge in [-0.3, -0.25) is 0 Å². The molecule has 0 spiro atoms. The second-order valence-electron chi connectivity index (χ2n) is 4.00. The first-order valence-electron chi connectivity index (χ1n) is 4.94. The highest BCUT2D eigenvalue weighted by Gasteiger charge is 2.19. The van der Waals surface area contributed by atoms with Crippen LogP contribution in [0, 0.1) is 12.3 Å². The Morgan fingerprint density at radius 2 is 2.00 bits per heavy atom. The highest BCUT2D eigenvalue weighted by atomic mass is 35.5. The van der Waals surface area contributed by atoms with Gasteiger partial charge < -0.3 is 5.11 Å². The first kappa shape index (κ1) is 12.1. The summed E-state index contributed by atoms with van der Waals surface area (Å²) in [6.07, 6.45) is 6.99. The second-order valence-corrected chi connectivity index (χ2v) is 4.44. The molecule has 1 unspecified atom stereocenters. The van der Waals surface area contributed by atoms with E-state index in [1.165, 1.54) is 0 Å². The molecular weight excluding hydrogens is 208 g/mol. The first-order chi connectivity index (χ1) is 7.03. The van der Waals surface area contributed by atoms with Crippen molar-refractivity contribution in [3.8, 4) is 12.3 Å². The molecule has 0 aliphatic carbocycles. The van der Waals surface area contributed by atoms with Crippen LogP contribution in [0.3, 0.4) is 0 Å². The number of rotatable bonds is 4. The normalized spacial score (nSPS) is 14.3. The van der Waals surface area contributed by atoms with Crippen molar-refractivity contribution >= 4 is 11.6 Å². The van der Waals surface area contributed by atoms with Crippen molar-refractivity contribution in [2.75, 3.05) is 0 Å². The van der Waals surface area contributed by atoms with Crippen LogP contribution in [0.1, 0.15) is 25.3 Å². The van der Waals surface area contributed by atoms with Crippen LogP contribution in [0.15, 0.2) is 24.3 Å². The molecular formula is C13H15ClO. The van der Waals surface area contributed by atoms with Gasteiger partial charge in [0, 0.05) is 17.9 Å². The summed E-state index contributed by atoms with van der Waals surface area (Å²) in [5.41, 5.74) is 0.335. The van der Waals surface area contributed by atoms with E-state index in [1.54, 1.807) is 6.92 Å². The summed E-state index contributed by atoms with van der Waals surface area (Å²) >= 11 is 5.78. The lowest BCUT2D eigenvalue weighted by molar-refractivity contribution is 0.0529. The standard InChI is InChI=1S/C13H15ClO/c1-3-4-9-13(2,15)10-11-5-7-12(14)8-6-11/h1,5-8,15H,4,9-10H2,2H3. The molecule has 1 N–H and O–H groups in total. The van der Waals surface area contributed by atoms with E-state index in [4.69, 9.17) is 18.0 Å². The summed E-state index contributed by atoms with van der Waals surface area (Å²) in [6, 6.07) is 7.50. The molecule has 1 nitrogen and oxygen atoms in total. The zero-order valence-electron chi connectivity index (χ0n) is 8.83. The lowest BCUT2D eigenvalue weighted by Crippen LogP contribution is -2.26. The average molecular weight is 223 g/mol. The molecule has 0 saturated heterocycles. The Balaban J connectivity index is 2.61. The van der Waals surface area contributed by atoms with Crippen LogP contribution in [0.25, 0.3) is 0 Å². The Bertz CT molecular complexity index is 346. The smallest absolute Gasteiger partial charge is 0.0669 e. The minimum absolute atomic E-state index is 0.598. The zero-order chi connectivity index (χ0) is 11.3. The predicted octanol–water partition coefficient (Wildman–Crippen LogP) is 3.05. The lowest BCUT2D eigenvalue weighted by Gasteiger charge is -2.22. The summed E-state index contributed by atoms with van der Waals surface area (Å²) in [7, 11) is 0. The number of halogens is 1. The van der Waals surface area contributed by atoms with E-state index >= 15 is 0 Å². The molecule has 0 aliphatic heterocycles. The molecule has 1 aromatic carbocycles. The Morgan fingerprint density at radius 1 is 1.40 bits per heavy atom. The summed E-state index contributed by atoms with van der Waals surface area (Å²) in [5, 5.41) is 10.7. The van der Waals surface area contributed by atoms with Crippen molar-refractivity contribution in [2.24, 2.45) is 0 Å². The van der Waals surface area contributed by atoms with Gasteiger partial charge in [0.05, 0.1) is 5.60 Å². The quantitative estimate of drug-likeness (QED) is 0.777. The Morgan fingerprint density at radius 3 is 2.53 bits per heavy atom. The summed E-state index contributed by atoms with van der Waals surface area (Å²) in [5.74, 6) is 2.54. The van der Waals surface area contributed by atoms with Crippen molar-refractivity contribution < 1.29 is 5.11 Å². The molecule has 0 bridgehead atoms. The predicted molar refractivity (Wildman–Crippen MR) is 63.8 cm³/mol. The molecule has 80 valence electrons. The van der Waals surface area contributed by atoms with E-state index in [0.717, 1.165) is 5.56 Å². The van der Waals surface area contributed by atoms with Crippen LogP contribution in [0.4, 0.5) is 0 Å².